The molecule has 4 aromatic rings. The number of aromatic amines is 1. The zero-order valence-electron chi connectivity index (χ0n) is 18.5. The number of benzene rings is 2. The van der Waals surface area contributed by atoms with E-state index in [0.717, 1.165) is 47.5 Å². The maximum Gasteiger partial charge on any atom is 0.298 e. The monoisotopic (exact) mass is 431 g/mol. The van der Waals surface area contributed by atoms with Crippen molar-refractivity contribution in [3.05, 3.63) is 71.7 Å². The normalized spacial score (nSPS) is 14.7. The van der Waals surface area contributed by atoms with Gasteiger partial charge in [-0.25, -0.2) is 0 Å². The largest absolute Gasteiger partial charge is 0.497 e. The van der Waals surface area contributed by atoms with Crippen LogP contribution in [0.25, 0.3) is 10.9 Å². The minimum Gasteiger partial charge on any atom is -0.497 e. The van der Waals surface area contributed by atoms with Gasteiger partial charge < -0.3 is 14.1 Å². The van der Waals surface area contributed by atoms with E-state index in [1.165, 1.54) is 24.8 Å². The van der Waals surface area contributed by atoms with Crippen molar-refractivity contribution < 1.29 is 9.15 Å². The molecule has 32 heavy (non-hydrogen) atoms. The van der Waals surface area contributed by atoms with Gasteiger partial charge in [-0.1, -0.05) is 30.7 Å². The second-order valence-electron chi connectivity index (χ2n) is 8.46. The molecule has 0 bridgehead atoms. The van der Waals surface area contributed by atoms with E-state index in [2.05, 4.69) is 50.3 Å². The number of nitrogens with zero attached hydrogens (tertiary/aromatic N) is 4. The minimum atomic E-state index is 0.643. The molecule has 166 valence electrons. The first kappa shape index (κ1) is 20.6. The van der Waals surface area contributed by atoms with Crippen molar-refractivity contribution >= 4 is 16.9 Å². The number of aromatic nitrogens is 3. The number of hydrogen-bond acceptors (Lipinski definition) is 6. The Morgan fingerprint density at radius 1 is 1.06 bits per heavy atom. The Hall–Kier alpha value is -3.32. The molecule has 0 saturated carbocycles. The van der Waals surface area contributed by atoms with Gasteiger partial charge in [0, 0.05) is 25.0 Å². The van der Waals surface area contributed by atoms with Gasteiger partial charge in [0.2, 0.25) is 0 Å². The van der Waals surface area contributed by atoms with Crippen LogP contribution in [0.4, 0.5) is 6.01 Å². The average molecular weight is 432 g/mol. The summed E-state index contributed by atoms with van der Waals surface area (Å²) < 4.78 is 11.4. The van der Waals surface area contributed by atoms with E-state index in [9.17, 15) is 0 Å². The lowest BCUT2D eigenvalue weighted by molar-refractivity contribution is 0.218. The minimum absolute atomic E-state index is 0.643. The summed E-state index contributed by atoms with van der Waals surface area (Å²) in [6, 6.07) is 15.1. The van der Waals surface area contributed by atoms with Crippen LogP contribution in [0.1, 0.15) is 36.1 Å². The van der Waals surface area contributed by atoms with Crippen LogP contribution >= 0.6 is 0 Å². The molecule has 0 amide bonds. The van der Waals surface area contributed by atoms with Crippen LogP contribution in [0.5, 0.6) is 5.75 Å². The molecule has 0 unspecified atom stereocenters. The molecule has 1 aliphatic heterocycles. The summed E-state index contributed by atoms with van der Waals surface area (Å²) in [5, 5.41) is 8.30. The van der Waals surface area contributed by atoms with E-state index >= 15 is 0 Å². The van der Waals surface area contributed by atoms with Crippen molar-refractivity contribution in [2.45, 2.75) is 38.9 Å². The topological polar surface area (TPSA) is 70.4 Å². The maximum absolute atomic E-state index is 5.98. The van der Waals surface area contributed by atoms with E-state index in [4.69, 9.17) is 14.1 Å². The van der Waals surface area contributed by atoms with Crippen molar-refractivity contribution in [3.63, 3.8) is 0 Å². The average Bonchev–Trinajstić information content (AvgIpc) is 3.49. The highest BCUT2D eigenvalue weighted by Crippen LogP contribution is 2.24. The summed E-state index contributed by atoms with van der Waals surface area (Å²) in [6.45, 7) is 4.47. The Morgan fingerprint density at radius 2 is 1.91 bits per heavy atom. The summed E-state index contributed by atoms with van der Waals surface area (Å²) in [5.74, 6) is 0.847. The van der Waals surface area contributed by atoms with Crippen LogP contribution in [-0.2, 0) is 19.6 Å². The van der Waals surface area contributed by atoms with Crippen LogP contribution in [0, 0.1) is 0 Å². The fourth-order valence-corrected chi connectivity index (χ4v) is 4.35. The van der Waals surface area contributed by atoms with Gasteiger partial charge in [-0.3, -0.25) is 10.00 Å². The summed E-state index contributed by atoms with van der Waals surface area (Å²) in [5.41, 5.74) is 4.33. The van der Waals surface area contributed by atoms with Gasteiger partial charge in [0.15, 0.2) is 0 Å². The van der Waals surface area contributed by atoms with Gasteiger partial charge in [-0.15, -0.1) is 0 Å². The molecule has 0 atom stereocenters. The van der Waals surface area contributed by atoms with E-state index in [1.54, 1.807) is 13.4 Å². The maximum atomic E-state index is 5.98. The number of hydrogen-bond donors (Lipinski definition) is 1. The molecule has 0 radical (unpaired) electrons. The number of piperidine rings is 1. The van der Waals surface area contributed by atoms with E-state index < -0.39 is 0 Å². The number of oxazole rings is 1. The quantitative estimate of drug-likeness (QED) is 0.434. The molecule has 5 rings (SSSR count). The molecule has 0 aliphatic carbocycles. The molecule has 1 fully saturated rings. The van der Waals surface area contributed by atoms with Crippen LogP contribution in [-0.4, -0.2) is 40.3 Å². The van der Waals surface area contributed by atoms with Gasteiger partial charge in [0.05, 0.1) is 24.5 Å². The standard InChI is InChI=1S/C25H29N5O2/c1-31-23-7-5-6-19(12-23)15-30(16-20-8-9-21-14-26-28-24(21)13-20)25-27-22(18-32-25)17-29-10-3-2-4-11-29/h5-9,12-14,18H,2-4,10-11,15-17H2,1H3,(H,26,28). The van der Waals surface area contributed by atoms with Gasteiger partial charge in [0.25, 0.3) is 6.01 Å². The third kappa shape index (κ3) is 4.78. The first-order chi connectivity index (χ1) is 15.8. The molecule has 2 aromatic heterocycles. The van der Waals surface area contributed by atoms with Crippen LogP contribution in [0.3, 0.4) is 0 Å². The Balaban J connectivity index is 1.39. The summed E-state index contributed by atoms with van der Waals surface area (Å²) in [4.78, 5) is 9.49. The Bertz CT molecular complexity index is 1160. The molecular weight excluding hydrogens is 402 g/mol. The van der Waals surface area contributed by atoms with Gasteiger partial charge in [0.1, 0.15) is 12.0 Å². The lowest BCUT2D eigenvalue weighted by Crippen LogP contribution is -2.29. The second-order valence-corrected chi connectivity index (χ2v) is 8.46. The lowest BCUT2D eigenvalue weighted by atomic mass is 10.1. The number of methoxy groups -OCH3 is 1. The van der Waals surface area contributed by atoms with E-state index in [0.29, 0.717) is 19.1 Å². The van der Waals surface area contributed by atoms with E-state index in [-0.39, 0.29) is 0 Å². The molecule has 1 saturated heterocycles. The Labute approximate surface area is 188 Å². The van der Waals surface area contributed by atoms with Crippen LogP contribution in [0.2, 0.25) is 0 Å². The number of fused-ring (bicyclic) bond motifs is 1. The fraction of sp³-hybridized carbons (Fsp3) is 0.360. The van der Waals surface area contributed by atoms with Gasteiger partial charge in [-0.05, 0) is 55.3 Å². The first-order valence-corrected chi connectivity index (χ1v) is 11.2. The number of rotatable bonds is 8. The third-order valence-electron chi connectivity index (χ3n) is 6.03. The van der Waals surface area contributed by atoms with Gasteiger partial charge in [-0.2, -0.15) is 10.1 Å². The molecule has 1 aliphatic rings. The van der Waals surface area contributed by atoms with E-state index in [1.807, 2.05) is 18.3 Å². The molecule has 7 heteroatoms. The molecule has 2 aromatic carbocycles. The number of ether oxygens (including phenoxy) is 1. The first-order valence-electron chi connectivity index (χ1n) is 11.2. The number of anilines is 1. The molecule has 0 spiro atoms. The van der Waals surface area contributed by atoms with Crippen LogP contribution < -0.4 is 9.64 Å². The van der Waals surface area contributed by atoms with Crippen molar-refractivity contribution in [2.75, 3.05) is 25.1 Å². The molecule has 3 heterocycles. The lowest BCUT2D eigenvalue weighted by Gasteiger charge is -2.25. The zero-order chi connectivity index (χ0) is 21.8. The Kier molecular flexibility index (Phi) is 6.07. The Morgan fingerprint density at radius 3 is 2.75 bits per heavy atom. The van der Waals surface area contributed by atoms with Gasteiger partial charge >= 0.3 is 0 Å². The summed E-state index contributed by atoms with van der Waals surface area (Å²) in [7, 11) is 1.69. The SMILES string of the molecule is COc1cccc(CN(Cc2ccc3cn[nH]c3c2)c2nc(CN3CCCCC3)co2)c1. The number of H-pyrrole nitrogens is 1. The van der Waals surface area contributed by atoms with Crippen molar-refractivity contribution in [2.24, 2.45) is 0 Å². The second kappa shape index (κ2) is 9.44. The highest BCUT2D eigenvalue weighted by atomic mass is 16.5. The zero-order valence-corrected chi connectivity index (χ0v) is 18.5. The third-order valence-corrected chi connectivity index (χ3v) is 6.03. The van der Waals surface area contributed by atoms with Crippen molar-refractivity contribution in [3.8, 4) is 5.75 Å². The summed E-state index contributed by atoms with van der Waals surface area (Å²) >= 11 is 0. The highest BCUT2D eigenvalue weighted by Gasteiger charge is 2.18. The smallest absolute Gasteiger partial charge is 0.298 e. The predicted molar refractivity (Wildman–Crippen MR) is 125 cm³/mol. The van der Waals surface area contributed by atoms with Crippen molar-refractivity contribution in [1.29, 1.82) is 0 Å². The molecule has 7 nitrogen and oxygen atoms in total. The molecule has 1 N–H and O–H groups in total. The number of likely N-dealkylation sites (tertiary alicyclic amines) is 1. The predicted octanol–water partition coefficient (Wildman–Crippen LogP) is 4.75. The van der Waals surface area contributed by atoms with Crippen molar-refractivity contribution in [1.82, 2.24) is 20.1 Å². The number of nitrogens with one attached hydrogen (secondary N) is 1. The summed E-state index contributed by atoms with van der Waals surface area (Å²) in [6.07, 6.45) is 7.51. The fourth-order valence-electron chi connectivity index (χ4n) is 4.35. The molecular formula is C25H29N5O2. The van der Waals surface area contributed by atoms with Crippen LogP contribution in [0.15, 0.2) is 59.3 Å². The highest BCUT2D eigenvalue weighted by molar-refractivity contribution is 5.78.